The molecular formula is C11H17N5O2S2. The van der Waals surface area contributed by atoms with E-state index in [9.17, 15) is 8.42 Å². The molecule has 0 radical (unpaired) electrons. The summed E-state index contributed by atoms with van der Waals surface area (Å²) >= 11 is 1.50. The molecule has 0 saturated carbocycles. The van der Waals surface area contributed by atoms with E-state index in [1.54, 1.807) is 20.2 Å². The fourth-order valence-electron chi connectivity index (χ4n) is 1.82. The SMILES string of the molecule is Cc1c(S(=O)(=O)NCC(C)c2nccs2)c(N)nn1C. The molecule has 2 rings (SSSR count). The third-order valence-corrected chi connectivity index (χ3v) is 5.62. The first kappa shape index (κ1) is 14.9. The van der Waals surface area contributed by atoms with Crippen LogP contribution in [-0.4, -0.2) is 29.7 Å². The van der Waals surface area contributed by atoms with Gasteiger partial charge < -0.3 is 5.73 Å². The van der Waals surface area contributed by atoms with Gasteiger partial charge in [-0.3, -0.25) is 4.68 Å². The summed E-state index contributed by atoms with van der Waals surface area (Å²) in [5.74, 6) is 0.0161. The maximum atomic E-state index is 12.3. The highest BCUT2D eigenvalue weighted by Crippen LogP contribution is 2.22. The minimum absolute atomic E-state index is 0.00276. The zero-order valence-electron chi connectivity index (χ0n) is 11.5. The van der Waals surface area contributed by atoms with Gasteiger partial charge in [0.2, 0.25) is 10.0 Å². The Labute approximate surface area is 121 Å². The lowest BCUT2D eigenvalue weighted by Crippen LogP contribution is -2.28. The van der Waals surface area contributed by atoms with Gasteiger partial charge in [0.1, 0.15) is 4.90 Å². The lowest BCUT2D eigenvalue weighted by molar-refractivity contribution is 0.574. The highest BCUT2D eigenvalue weighted by Gasteiger charge is 2.25. The topological polar surface area (TPSA) is 103 Å². The molecule has 2 heterocycles. The fraction of sp³-hybridized carbons (Fsp3) is 0.455. The number of nitrogens with two attached hydrogens (primary N) is 1. The summed E-state index contributed by atoms with van der Waals surface area (Å²) in [6.45, 7) is 3.85. The quantitative estimate of drug-likeness (QED) is 0.851. The van der Waals surface area contributed by atoms with Gasteiger partial charge in [-0.15, -0.1) is 11.3 Å². The zero-order valence-corrected chi connectivity index (χ0v) is 13.1. The summed E-state index contributed by atoms with van der Waals surface area (Å²) < 4.78 is 28.6. The number of nitrogens with zero attached hydrogens (tertiary/aromatic N) is 3. The summed E-state index contributed by atoms with van der Waals surface area (Å²) in [5.41, 5.74) is 6.18. The molecule has 7 nitrogen and oxygen atoms in total. The van der Waals surface area contributed by atoms with Crippen molar-refractivity contribution in [2.24, 2.45) is 7.05 Å². The summed E-state index contributed by atoms with van der Waals surface area (Å²) in [7, 11) is -2.01. The Balaban J connectivity index is 2.16. The van der Waals surface area contributed by atoms with E-state index >= 15 is 0 Å². The first-order valence-corrected chi connectivity index (χ1v) is 8.37. The number of rotatable bonds is 5. The largest absolute Gasteiger partial charge is 0.381 e. The molecule has 0 aliphatic carbocycles. The van der Waals surface area contributed by atoms with E-state index in [1.807, 2.05) is 12.3 Å². The Morgan fingerprint density at radius 3 is 2.75 bits per heavy atom. The van der Waals surface area contributed by atoms with Gasteiger partial charge in [-0.1, -0.05) is 6.92 Å². The summed E-state index contributed by atoms with van der Waals surface area (Å²) in [6, 6.07) is 0. The van der Waals surface area contributed by atoms with Crippen molar-refractivity contribution in [3.8, 4) is 0 Å². The highest BCUT2D eigenvalue weighted by molar-refractivity contribution is 7.89. The standard InChI is InChI=1S/C11H17N5O2S2/c1-7(11-13-4-5-19-11)6-14-20(17,18)9-8(2)16(3)15-10(9)12/h4-5,7,14H,6H2,1-3H3,(H2,12,15). The van der Waals surface area contributed by atoms with Crippen LogP contribution in [0.15, 0.2) is 16.5 Å². The van der Waals surface area contributed by atoms with E-state index < -0.39 is 10.0 Å². The number of hydrogen-bond donors (Lipinski definition) is 2. The number of aromatic nitrogens is 3. The summed E-state index contributed by atoms with van der Waals surface area (Å²) in [6.07, 6.45) is 1.70. The van der Waals surface area contributed by atoms with E-state index in [0.29, 0.717) is 5.69 Å². The number of sulfonamides is 1. The first-order chi connectivity index (χ1) is 9.33. The number of nitrogen functional groups attached to an aromatic ring is 1. The van der Waals surface area contributed by atoms with E-state index in [0.717, 1.165) is 5.01 Å². The Morgan fingerprint density at radius 2 is 2.25 bits per heavy atom. The maximum absolute atomic E-state index is 12.3. The molecule has 0 amide bonds. The van der Waals surface area contributed by atoms with Crippen molar-refractivity contribution in [2.75, 3.05) is 12.3 Å². The minimum Gasteiger partial charge on any atom is -0.381 e. The number of anilines is 1. The summed E-state index contributed by atoms with van der Waals surface area (Å²) in [5, 5.41) is 6.68. The molecule has 0 spiro atoms. The Hall–Kier alpha value is -1.45. The molecule has 0 fully saturated rings. The van der Waals surface area contributed by atoms with Crippen molar-refractivity contribution >= 4 is 27.2 Å². The van der Waals surface area contributed by atoms with Gasteiger partial charge in [0.05, 0.1) is 10.7 Å². The zero-order chi connectivity index (χ0) is 14.9. The second-order valence-electron chi connectivity index (χ2n) is 4.55. The van der Waals surface area contributed by atoms with Crippen LogP contribution in [0.3, 0.4) is 0 Å². The molecule has 1 unspecified atom stereocenters. The van der Waals surface area contributed by atoms with Crippen molar-refractivity contribution in [2.45, 2.75) is 24.7 Å². The van der Waals surface area contributed by atoms with Gasteiger partial charge in [0, 0.05) is 31.1 Å². The lowest BCUT2D eigenvalue weighted by Gasteiger charge is -2.11. The van der Waals surface area contributed by atoms with Gasteiger partial charge in [0.15, 0.2) is 5.82 Å². The number of aryl methyl sites for hydroxylation is 1. The van der Waals surface area contributed by atoms with Gasteiger partial charge in [-0.2, -0.15) is 5.10 Å². The molecule has 0 aliphatic rings. The minimum atomic E-state index is -3.67. The number of hydrogen-bond acceptors (Lipinski definition) is 6. The lowest BCUT2D eigenvalue weighted by atomic mass is 10.2. The highest BCUT2D eigenvalue weighted by atomic mass is 32.2. The second-order valence-corrected chi connectivity index (χ2v) is 7.18. The third kappa shape index (κ3) is 2.84. The van der Waals surface area contributed by atoms with E-state index in [1.165, 1.54) is 16.0 Å². The van der Waals surface area contributed by atoms with Crippen LogP contribution in [0.1, 0.15) is 23.5 Å². The molecule has 0 saturated heterocycles. The molecular weight excluding hydrogens is 298 g/mol. The predicted molar refractivity (Wildman–Crippen MR) is 78.1 cm³/mol. The Kier molecular flexibility index (Phi) is 4.11. The van der Waals surface area contributed by atoms with Crippen molar-refractivity contribution < 1.29 is 8.42 Å². The van der Waals surface area contributed by atoms with Crippen molar-refractivity contribution in [3.63, 3.8) is 0 Å². The van der Waals surface area contributed by atoms with Crippen LogP contribution >= 0.6 is 11.3 Å². The molecule has 1 atom stereocenters. The van der Waals surface area contributed by atoms with Crippen LogP contribution in [0, 0.1) is 6.92 Å². The Morgan fingerprint density at radius 1 is 1.55 bits per heavy atom. The van der Waals surface area contributed by atoms with Crippen molar-refractivity contribution in [1.82, 2.24) is 19.5 Å². The van der Waals surface area contributed by atoms with E-state index in [4.69, 9.17) is 5.73 Å². The van der Waals surface area contributed by atoms with Crippen LogP contribution in [0.4, 0.5) is 5.82 Å². The molecule has 0 bridgehead atoms. The first-order valence-electron chi connectivity index (χ1n) is 6.01. The molecule has 2 aromatic rings. The summed E-state index contributed by atoms with van der Waals surface area (Å²) in [4.78, 5) is 4.22. The fourth-order valence-corrected chi connectivity index (χ4v) is 3.97. The van der Waals surface area contributed by atoms with Gasteiger partial charge in [-0.25, -0.2) is 18.1 Å². The van der Waals surface area contributed by atoms with Gasteiger partial charge in [-0.05, 0) is 6.92 Å². The predicted octanol–water partition coefficient (Wildman–Crippen LogP) is 0.849. The number of nitrogens with one attached hydrogen (secondary N) is 1. The van der Waals surface area contributed by atoms with Crippen LogP contribution in [0.5, 0.6) is 0 Å². The molecule has 110 valence electrons. The van der Waals surface area contributed by atoms with Crippen LogP contribution < -0.4 is 10.5 Å². The molecule has 9 heteroatoms. The van der Waals surface area contributed by atoms with Gasteiger partial charge in [0.25, 0.3) is 0 Å². The third-order valence-electron chi connectivity index (χ3n) is 3.03. The average Bonchev–Trinajstić information content (AvgIpc) is 2.96. The molecule has 0 aliphatic heterocycles. The molecule has 3 N–H and O–H groups in total. The smallest absolute Gasteiger partial charge is 0.246 e. The molecule has 0 aromatic carbocycles. The van der Waals surface area contributed by atoms with Crippen LogP contribution in [0.2, 0.25) is 0 Å². The van der Waals surface area contributed by atoms with Gasteiger partial charge >= 0.3 is 0 Å². The van der Waals surface area contributed by atoms with Crippen molar-refractivity contribution in [1.29, 1.82) is 0 Å². The maximum Gasteiger partial charge on any atom is 0.246 e. The van der Waals surface area contributed by atoms with E-state index in [2.05, 4.69) is 14.8 Å². The Bertz CT molecular complexity index is 691. The average molecular weight is 315 g/mol. The monoisotopic (exact) mass is 315 g/mol. The normalized spacial score (nSPS) is 13.6. The second kappa shape index (κ2) is 5.51. The molecule has 2 aromatic heterocycles. The van der Waals surface area contributed by atoms with Crippen LogP contribution in [-0.2, 0) is 17.1 Å². The van der Waals surface area contributed by atoms with E-state index in [-0.39, 0.29) is 23.2 Å². The number of thiazole rings is 1. The van der Waals surface area contributed by atoms with Crippen molar-refractivity contribution in [3.05, 3.63) is 22.3 Å². The molecule has 20 heavy (non-hydrogen) atoms. The van der Waals surface area contributed by atoms with Crippen LogP contribution in [0.25, 0.3) is 0 Å².